The zero-order valence-electron chi connectivity index (χ0n) is 19.8. The average Bonchev–Trinajstić information content (AvgIpc) is 3.62. The molecule has 0 atom stereocenters. The third-order valence-electron chi connectivity index (χ3n) is 5.85. The van der Waals surface area contributed by atoms with Crippen molar-refractivity contribution in [2.24, 2.45) is 9.98 Å². The lowest BCUT2D eigenvalue weighted by atomic mass is 10.1. The van der Waals surface area contributed by atoms with Crippen molar-refractivity contribution in [2.45, 2.75) is 20.3 Å². The standard InChI is InChI=1S/C29H26N6/c1-3-25-17-24(5-11-29(25)35-15-13-31-21-35)19-33-27-8-6-26(7-9-27)32-18-23-4-10-28(22(2)16-23)34-14-12-30-20-34/h4-21H,3H2,1-2H3. The molecule has 2 heterocycles. The van der Waals surface area contributed by atoms with E-state index >= 15 is 0 Å². The van der Waals surface area contributed by atoms with Crippen LogP contribution in [0.2, 0.25) is 0 Å². The van der Waals surface area contributed by atoms with Crippen molar-refractivity contribution < 1.29 is 0 Å². The minimum absolute atomic E-state index is 0.887. The number of aliphatic imine (C=N–C) groups is 2. The third kappa shape index (κ3) is 5.17. The zero-order chi connectivity index (χ0) is 24.0. The molecule has 0 aliphatic heterocycles. The van der Waals surface area contributed by atoms with Gasteiger partial charge in [0.2, 0.25) is 0 Å². The number of hydrogen-bond acceptors (Lipinski definition) is 4. The molecule has 0 fully saturated rings. The molecule has 0 aliphatic carbocycles. The van der Waals surface area contributed by atoms with Crippen LogP contribution in [0.15, 0.2) is 108 Å². The van der Waals surface area contributed by atoms with E-state index in [1.165, 1.54) is 11.1 Å². The summed E-state index contributed by atoms with van der Waals surface area (Å²) in [5.41, 5.74) is 8.59. The number of aryl methyl sites for hydroxylation is 2. The quantitative estimate of drug-likeness (QED) is 0.264. The van der Waals surface area contributed by atoms with E-state index in [0.29, 0.717) is 0 Å². The molecular formula is C29H26N6. The van der Waals surface area contributed by atoms with Crippen LogP contribution in [0.3, 0.4) is 0 Å². The van der Waals surface area contributed by atoms with E-state index < -0.39 is 0 Å². The lowest BCUT2D eigenvalue weighted by molar-refractivity contribution is 1.00. The molecule has 0 saturated heterocycles. The van der Waals surface area contributed by atoms with E-state index in [-0.39, 0.29) is 0 Å². The first kappa shape index (κ1) is 22.2. The molecule has 35 heavy (non-hydrogen) atoms. The van der Waals surface area contributed by atoms with Crippen molar-refractivity contribution in [2.75, 3.05) is 0 Å². The molecule has 5 rings (SSSR count). The Balaban J connectivity index is 1.26. The predicted octanol–water partition coefficient (Wildman–Crippen LogP) is 6.43. The first-order valence-corrected chi connectivity index (χ1v) is 11.6. The van der Waals surface area contributed by atoms with E-state index in [1.807, 2.05) is 64.5 Å². The summed E-state index contributed by atoms with van der Waals surface area (Å²) in [7, 11) is 0. The van der Waals surface area contributed by atoms with E-state index in [2.05, 4.69) is 70.2 Å². The van der Waals surface area contributed by atoms with E-state index in [9.17, 15) is 0 Å². The maximum absolute atomic E-state index is 4.65. The minimum Gasteiger partial charge on any atom is -0.306 e. The van der Waals surface area contributed by atoms with E-state index in [4.69, 9.17) is 0 Å². The Morgan fingerprint density at radius 1 is 0.714 bits per heavy atom. The SMILES string of the molecule is CCc1cc(C=Nc2ccc(N=Cc3ccc(-n4ccnc4)c(C)c3)cc2)ccc1-n1ccnc1. The lowest BCUT2D eigenvalue weighted by Crippen LogP contribution is -1.97. The third-order valence-corrected chi connectivity index (χ3v) is 5.85. The highest BCUT2D eigenvalue weighted by Crippen LogP contribution is 2.21. The molecule has 0 unspecified atom stereocenters. The normalized spacial score (nSPS) is 11.6. The fourth-order valence-corrected chi connectivity index (χ4v) is 4.00. The van der Waals surface area contributed by atoms with Crippen LogP contribution in [-0.2, 0) is 6.42 Å². The van der Waals surface area contributed by atoms with E-state index in [1.54, 1.807) is 18.7 Å². The highest BCUT2D eigenvalue weighted by atomic mass is 15.0. The smallest absolute Gasteiger partial charge is 0.0991 e. The second-order valence-corrected chi connectivity index (χ2v) is 8.26. The summed E-state index contributed by atoms with van der Waals surface area (Å²) in [6, 6.07) is 20.6. The second kappa shape index (κ2) is 10.1. The van der Waals surface area contributed by atoms with E-state index in [0.717, 1.165) is 40.3 Å². The van der Waals surface area contributed by atoms with Gasteiger partial charge in [-0.05, 0) is 84.1 Å². The van der Waals surface area contributed by atoms with Gasteiger partial charge in [-0.1, -0.05) is 19.1 Å². The first-order valence-electron chi connectivity index (χ1n) is 11.6. The summed E-state index contributed by atoms with van der Waals surface area (Å²) in [5.74, 6) is 0. The van der Waals surface area contributed by atoms with Gasteiger partial charge < -0.3 is 9.13 Å². The number of aromatic nitrogens is 4. The topological polar surface area (TPSA) is 60.4 Å². The minimum atomic E-state index is 0.887. The Hall–Kier alpha value is -4.58. The van der Waals surface area contributed by atoms with Crippen molar-refractivity contribution >= 4 is 23.8 Å². The van der Waals surface area contributed by atoms with Crippen LogP contribution in [0.4, 0.5) is 11.4 Å². The molecule has 172 valence electrons. The Bertz CT molecular complexity index is 1460. The largest absolute Gasteiger partial charge is 0.306 e. The molecule has 0 amide bonds. The molecule has 0 aliphatic rings. The first-order chi connectivity index (χ1) is 17.2. The maximum atomic E-state index is 4.65. The summed E-state index contributed by atoms with van der Waals surface area (Å²) in [6.45, 7) is 4.25. The van der Waals surface area contributed by atoms with Gasteiger partial charge in [0.15, 0.2) is 0 Å². The van der Waals surface area contributed by atoms with Gasteiger partial charge in [-0.25, -0.2) is 9.97 Å². The fraction of sp³-hybridized carbons (Fsp3) is 0.103. The summed E-state index contributed by atoms with van der Waals surface area (Å²) in [6.07, 6.45) is 15.8. The number of benzene rings is 3. The Labute approximate surface area is 205 Å². The van der Waals surface area contributed by atoms with Gasteiger partial charge in [-0.3, -0.25) is 9.98 Å². The summed E-state index contributed by atoms with van der Waals surface area (Å²) >= 11 is 0. The molecule has 0 N–H and O–H groups in total. The van der Waals surface area contributed by atoms with Crippen LogP contribution in [-0.4, -0.2) is 31.5 Å². The molecule has 0 saturated carbocycles. The predicted molar refractivity (Wildman–Crippen MR) is 142 cm³/mol. The maximum Gasteiger partial charge on any atom is 0.0991 e. The Morgan fingerprint density at radius 2 is 1.26 bits per heavy atom. The lowest BCUT2D eigenvalue weighted by Gasteiger charge is -2.09. The monoisotopic (exact) mass is 458 g/mol. The van der Waals surface area contributed by atoms with Gasteiger partial charge in [0.1, 0.15) is 0 Å². The van der Waals surface area contributed by atoms with Gasteiger partial charge in [-0.15, -0.1) is 0 Å². The average molecular weight is 459 g/mol. The Kier molecular flexibility index (Phi) is 6.44. The zero-order valence-corrected chi connectivity index (χ0v) is 19.8. The van der Waals surface area contributed by atoms with Crippen molar-refractivity contribution in [3.63, 3.8) is 0 Å². The molecule has 6 nitrogen and oxygen atoms in total. The number of hydrogen-bond donors (Lipinski definition) is 0. The highest BCUT2D eigenvalue weighted by Gasteiger charge is 2.04. The molecule has 0 spiro atoms. The second-order valence-electron chi connectivity index (χ2n) is 8.26. The van der Waals surface area contributed by atoms with Gasteiger partial charge in [0, 0.05) is 48.6 Å². The molecule has 0 bridgehead atoms. The number of imidazole rings is 2. The summed E-state index contributed by atoms with van der Waals surface area (Å²) < 4.78 is 4.04. The molecule has 5 aromatic rings. The molecule has 0 radical (unpaired) electrons. The van der Waals surface area contributed by atoms with Crippen LogP contribution in [0.5, 0.6) is 0 Å². The molecular weight excluding hydrogens is 432 g/mol. The van der Waals surface area contributed by atoms with Crippen LogP contribution in [0, 0.1) is 6.92 Å². The van der Waals surface area contributed by atoms with Crippen LogP contribution < -0.4 is 0 Å². The van der Waals surface area contributed by atoms with Crippen LogP contribution >= 0.6 is 0 Å². The summed E-state index contributed by atoms with van der Waals surface area (Å²) in [5, 5.41) is 0. The molecule has 6 heteroatoms. The van der Waals surface area contributed by atoms with Crippen LogP contribution in [0.25, 0.3) is 11.4 Å². The van der Waals surface area contributed by atoms with Gasteiger partial charge in [-0.2, -0.15) is 0 Å². The van der Waals surface area contributed by atoms with Crippen molar-refractivity contribution in [1.82, 2.24) is 19.1 Å². The summed E-state index contributed by atoms with van der Waals surface area (Å²) in [4.78, 5) is 17.5. The number of rotatable bonds is 7. The fourth-order valence-electron chi connectivity index (χ4n) is 4.00. The van der Waals surface area contributed by atoms with Crippen molar-refractivity contribution in [3.05, 3.63) is 120 Å². The van der Waals surface area contributed by atoms with Gasteiger partial charge in [0.25, 0.3) is 0 Å². The Morgan fingerprint density at radius 3 is 1.77 bits per heavy atom. The van der Waals surface area contributed by atoms with Crippen molar-refractivity contribution in [1.29, 1.82) is 0 Å². The van der Waals surface area contributed by atoms with Gasteiger partial charge >= 0.3 is 0 Å². The van der Waals surface area contributed by atoms with Crippen molar-refractivity contribution in [3.8, 4) is 11.4 Å². The highest BCUT2D eigenvalue weighted by molar-refractivity contribution is 5.84. The molecule has 3 aromatic carbocycles. The van der Waals surface area contributed by atoms with Crippen LogP contribution in [0.1, 0.15) is 29.2 Å². The molecule has 2 aromatic heterocycles. The number of nitrogens with zero attached hydrogens (tertiary/aromatic N) is 6. The van der Waals surface area contributed by atoms with Gasteiger partial charge in [0.05, 0.1) is 24.0 Å².